The summed E-state index contributed by atoms with van der Waals surface area (Å²) in [4.78, 5) is 19.9. The number of aromatic amines is 1. The molecule has 0 saturated heterocycles. The van der Waals surface area contributed by atoms with Crippen LogP contribution in [0.4, 0.5) is 4.39 Å². The second-order valence-corrected chi connectivity index (χ2v) is 5.85. The highest BCUT2D eigenvalue weighted by atomic mass is 35.5. The maximum Gasteiger partial charge on any atom is 0.277 e. The minimum atomic E-state index is -0.383. The molecule has 4 rings (SSSR count). The van der Waals surface area contributed by atoms with Crippen LogP contribution in [0, 0.1) is 5.82 Å². The predicted molar refractivity (Wildman–Crippen MR) is 98.5 cm³/mol. The van der Waals surface area contributed by atoms with E-state index in [1.54, 1.807) is 12.1 Å². The molecule has 2 heterocycles. The molecule has 0 unspecified atom stereocenters. The maximum atomic E-state index is 13.4. The number of hydrogen-bond acceptors (Lipinski definition) is 4. The van der Waals surface area contributed by atoms with Crippen LogP contribution in [0.1, 0.15) is 5.56 Å². The van der Waals surface area contributed by atoms with E-state index < -0.39 is 0 Å². The number of aromatic hydroxyl groups is 2. The fourth-order valence-electron chi connectivity index (χ4n) is 2.90. The van der Waals surface area contributed by atoms with E-state index in [0.29, 0.717) is 34.9 Å². The second kappa shape index (κ2) is 6.68. The Morgan fingerprint density at radius 3 is 2.69 bits per heavy atom. The first-order chi connectivity index (χ1) is 12.0. The molecule has 0 bridgehead atoms. The van der Waals surface area contributed by atoms with Crippen molar-refractivity contribution < 1.29 is 14.6 Å². The summed E-state index contributed by atoms with van der Waals surface area (Å²) >= 11 is 0. The number of phenols is 2. The number of hydrogen-bond donors (Lipinski definition) is 3. The average molecular weight is 376 g/mol. The number of fused-ring (bicyclic) bond motifs is 3. The van der Waals surface area contributed by atoms with E-state index in [4.69, 9.17) is 0 Å². The molecule has 134 valence electrons. The van der Waals surface area contributed by atoms with Gasteiger partial charge in [0.05, 0.1) is 6.33 Å². The average Bonchev–Trinajstić information content (AvgIpc) is 2.96. The summed E-state index contributed by atoms with van der Waals surface area (Å²) < 4.78 is 14.9. The molecule has 0 aliphatic carbocycles. The zero-order valence-electron chi connectivity index (χ0n) is 13.4. The van der Waals surface area contributed by atoms with Crippen molar-refractivity contribution in [3.63, 3.8) is 0 Å². The molecule has 0 amide bonds. The number of rotatable bonds is 3. The van der Waals surface area contributed by atoms with Gasteiger partial charge in [-0.2, -0.15) is 0 Å². The summed E-state index contributed by atoms with van der Waals surface area (Å²) in [5, 5.41) is 19.4. The Hall–Kier alpha value is -3.06. The fraction of sp³-hybridized carbons (Fsp3) is 0.111. The zero-order chi connectivity index (χ0) is 17.6. The van der Waals surface area contributed by atoms with Crippen LogP contribution in [-0.2, 0) is 13.0 Å². The zero-order valence-corrected chi connectivity index (χ0v) is 14.3. The molecule has 8 heteroatoms. The largest absolute Gasteiger partial charge is 0.504 e. The van der Waals surface area contributed by atoms with Gasteiger partial charge in [0.15, 0.2) is 11.5 Å². The third-order valence-corrected chi connectivity index (χ3v) is 4.22. The van der Waals surface area contributed by atoms with Gasteiger partial charge in [0, 0.05) is 17.4 Å². The van der Waals surface area contributed by atoms with Gasteiger partial charge in [0.1, 0.15) is 16.9 Å². The fourth-order valence-corrected chi connectivity index (χ4v) is 2.90. The van der Waals surface area contributed by atoms with Gasteiger partial charge in [0.2, 0.25) is 0 Å². The second-order valence-electron chi connectivity index (χ2n) is 5.85. The minimum absolute atomic E-state index is 0. The van der Waals surface area contributed by atoms with Crippen LogP contribution >= 0.6 is 12.4 Å². The van der Waals surface area contributed by atoms with Crippen molar-refractivity contribution in [1.82, 2.24) is 14.5 Å². The van der Waals surface area contributed by atoms with E-state index in [9.17, 15) is 19.4 Å². The van der Waals surface area contributed by atoms with E-state index in [2.05, 4.69) is 9.97 Å². The highest BCUT2D eigenvalue weighted by molar-refractivity contribution is 6.04. The number of aromatic nitrogens is 3. The van der Waals surface area contributed by atoms with Gasteiger partial charge in [-0.25, -0.2) is 9.37 Å². The number of H-pyrrole nitrogens is 1. The van der Waals surface area contributed by atoms with Gasteiger partial charge < -0.3 is 15.2 Å². The molecule has 0 aliphatic rings. The van der Waals surface area contributed by atoms with Crippen LogP contribution in [0.5, 0.6) is 11.5 Å². The van der Waals surface area contributed by atoms with Gasteiger partial charge in [-0.15, -0.1) is 12.4 Å². The van der Waals surface area contributed by atoms with Gasteiger partial charge in [0.25, 0.3) is 5.56 Å². The quantitative estimate of drug-likeness (QED) is 0.480. The van der Waals surface area contributed by atoms with Crippen LogP contribution in [0.25, 0.3) is 21.9 Å². The Morgan fingerprint density at radius 1 is 1.12 bits per heavy atom. The van der Waals surface area contributed by atoms with E-state index in [1.165, 1.54) is 35.2 Å². The number of nitrogens with one attached hydrogen (secondary N) is 1. The van der Waals surface area contributed by atoms with Gasteiger partial charge >= 0.3 is 0 Å². The minimum Gasteiger partial charge on any atom is -0.504 e. The molecule has 4 aromatic rings. The van der Waals surface area contributed by atoms with E-state index in [1.807, 2.05) is 0 Å². The topological polar surface area (TPSA) is 91.1 Å². The normalized spacial score (nSPS) is 11.0. The Labute approximate surface area is 153 Å². The lowest BCUT2D eigenvalue weighted by atomic mass is 10.1. The number of aryl methyl sites for hydroxylation is 2. The first-order valence-corrected chi connectivity index (χ1v) is 7.70. The monoisotopic (exact) mass is 375 g/mol. The molecule has 0 radical (unpaired) electrons. The van der Waals surface area contributed by atoms with Crippen molar-refractivity contribution in [3.05, 3.63) is 64.5 Å². The van der Waals surface area contributed by atoms with Crippen molar-refractivity contribution in [1.29, 1.82) is 0 Å². The number of phenolic OH excluding ortho intramolecular Hbond substituents is 2. The van der Waals surface area contributed by atoms with Crippen LogP contribution in [0.3, 0.4) is 0 Å². The molecule has 2 aromatic carbocycles. The first kappa shape index (κ1) is 17.8. The molecule has 26 heavy (non-hydrogen) atoms. The van der Waals surface area contributed by atoms with Gasteiger partial charge in [-0.05, 0) is 42.3 Å². The van der Waals surface area contributed by atoms with Crippen LogP contribution in [-0.4, -0.2) is 24.7 Å². The lowest BCUT2D eigenvalue weighted by molar-refractivity contribution is 0.403. The molecule has 0 fully saturated rings. The molecular formula is C18H15ClFN3O3. The smallest absolute Gasteiger partial charge is 0.277 e. The SMILES string of the molecule is Cl.O=c1c2[nH]c3ccc(F)cc3c2ncn1CCc1ccc(O)c(O)c1. The molecule has 0 spiro atoms. The summed E-state index contributed by atoms with van der Waals surface area (Å²) in [7, 11) is 0. The summed E-state index contributed by atoms with van der Waals surface area (Å²) in [6, 6.07) is 8.80. The third kappa shape index (κ3) is 2.97. The third-order valence-electron chi connectivity index (χ3n) is 4.22. The Balaban J connectivity index is 0.00000196. The standard InChI is InChI=1S/C18H14FN3O3.ClH/c19-11-2-3-13-12(8-11)16-17(21-13)18(25)22(9-20-16)6-5-10-1-4-14(23)15(24)7-10;/h1-4,7-9,21,23-24H,5-6H2;1H. The van der Waals surface area contributed by atoms with Crippen molar-refractivity contribution in [2.45, 2.75) is 13.0 Å². The molecule has 0 aliphatic heterocycles. The first-order valence-electron chi connectivity index (χ1n) is 7.70. The van der Waals surface area contributed by atoms with Crippen molar-refractivity contribution in [2.75, 3.05) is 0 Å². The molecule has 2 aromatic heterocycles. The summed E-state index contributed by atoms with van der Waals surface area (Å²) in [6.07, 6.45) is 1.92. The molecule has 0 saturated carbocycles. The number of benzene rings is 2. The summed E-state index contributed by atoms with van der Waals surface area (Å²) in [5.74, 6) is -0.767. The van der Waals surface area contributed by atoms with Crippen molar-refractivity contribution in [3.8, 4) is 11.5 Å². The van der Waals surface area contributed by atoms with Crippen molar-refractivity contribution >= 4 is 34.3 Å². The van der Waals surface area contributed by atoms with E-state index >= 15 is 0 Å². The van der Waals surface area contributed by atoms with Gasteiger partial charge in [-0.3, -0.25) is 9.36 Å². The summed E-state index contributed by atoms with van der Waals surface area (Å²) in [6.45, 7) is 0.357. The lowest BCUT2D eigenvalue weighted by Crippen LogP contribution is -2.21. The Morgan fingerprint density at radius 2 is 1.92 bits per heavy atom. The highest BCUT2D eigenvalue weighted by Crippen LogP contribution is 2.25. The molecule has 3 N–H and O–H groups in total. The number of halogens is 2. The van der Waals surface area contributed by atoms with E-state index in [0.717, 1.165) is 5.56 Å². The molecule has 6 nitrogen and oxygen atoms in total. The lowest BCUT2D eigenvalue weighted by Gasteiger charge is -2.06. The van der Waals surface area contributed by atoms with E-state index in [-0.39, 0.29) is 35.3 Å². The number of nitrogens with zero attached hydrogens (tertiary/aromatic N) is 2. The van der Waals surface area contributed by atoms with Crippen LogP contribution in [0.2, 0.25) is 0 Å². The molecule has 0 atom stereocenters. The Kier molecular flexibility index (Phi) is 4.56. The summed E-state index contributed by atoms with van der Waals surface area (Å²) in [5.41, 5.74) is 1.96. The Bertz CT molecular complexity index is 1170. The predicted octanol–water partition coefficient (Wildman–Crippen LogP) is 3.09. The van der Waals surface area contributed by atoms with Crippen molar-refractivity contribution in [2.24, 2.45) is 0 Å². The highest BCUT2D eigenvalue weighted by Gasteiger charge is 2.11. The maximum absolute atomic E-state index is 13.4. The van der Waals surface area contributed by atoms with Crippen LogP contribution < -0.4 is 5.56 Å². The van der Waals surface area contributed by atoms with Gasteiger partial charge in [-0.1, -0.05) is 6.07 Å². The van der Waals surface area contributed by atoms with Crippen LogP contribution in [0.15, 0.2) is 47.5 Å². The molecular weight excluding hydrogens is 361 g/mol.